The Labute approximate surface area is 69.6 Å². The van der Waals surface area contributed by atoms with Crippen molar-refractivity contribution in [1.82, 2.24) is 0 Å². The summed E-state index contributed by atoms with van der Waals surface area (Å²) in [6, 6.07) is 0. The van der Waals surface area contributed by atoms with Crippen molar-refractivity contribution in [1.29, 1.82) is 0 Å². The van der Waals surface area contributed by atoms with Crippen molar-refractivity contribution in [3.8, 4) is 0 Å². The second-order valence-electron chi connectivity index (χ2n) is 2.94. The zero-order valence-corrected chi connectivity index (χ0v) is 8.05. The predicted octanol–water partition coefficient (Wildman–Crippen LogP) is 1.96. The highest BCUT2D eigenvalue weighted by molar-refractivity contribution is 4.83. The molecule has 0 aromatic carbocycles. The van der Waals surface area contributed by atoms with Gasteiger partial charge in [0, 0.05) is 7.11 Å². The highest BCUT2D eigenvalue weighted by Crippen LogP contribution is 2.23. The Hall–Kier alpha value is -0.0800. The third-order valence-electron chi connectivity index (χ3n) is 2.48. The van der Waals surface area contributed by atoms with E-state index in [1.54, 1.807) is 7.11 Å². The van der Waals surface area contributed by atoms with Gasteiger partial charge in [-0.2, -0.15) is 0 Å². The van der Waals surface area contributed by atoms with Crippen LogP contribution in [0.3, 0.4) is 0 Å². The van der Waals surface area contributed by atoms with Gasteiger partial charge in [-0.25, -0.2) is 0 Å². The van der Waals surface area contributed by atoms with Crippen LogP contribution < -0.4 is 0 Å². The Bertz CT molecular complexity index is 93.7. The molecule has 0 spiro atoms. The smallest absolute Gasteiger partial charge is 0.0902 e. The highest BCUT2D eigenvalue weighted by atomic mass is 16.5. The molecule has 2 heteroatoms. The van der Waals surface area contributed by atoms with Crippen LogP contribution in [0, 0.1) is 0 Å². The maximum atomic E-state index is 9.96. The molecule has 11 heavy (non-hydrogen) atoms. The fourth-order valence-corrected chi connectivity index (χ4v) is 1.47. The number of ether oxygens (including phenoxy) is 1. The summed E-state index contributed by atoms with van der Waals surface area (Å²) in [5.41, 5.74) is -0.622. The summed E-state index contributed by atoms with van der Waals surface area (Å²) in [7, 11) is 1.66. The predicted molar refractivity (Wildman–Crippen MR) is 46.6 cm³/mol. The van der Waals surface area contributed by atoms with Gasteiger partial charge in [0.1, 0.15) is 0 Å². The summed E-state index contributed by atoms with van der Waals surface area (Å²) in [5, 5.41) is 9.96. The van der Waals surface area contributed by atoms with Crippen LogP contribution in [-0.2, 0) is 4.74 Å². The lowest BCUT2D eigenvalue weighted by Gasteiger charge is -2.32. The number of aliphatic hydroxyl groups is 1. The van der Waals surface area contributed by atoms with Gasteiger partial charge in [0.2, 0.25) is 0 Å². The van der Waals surface area contributed by atoms with Crippen LogP contribution in [0.25, 0.3) is 0 Å². The first kappa shape index (κ1) is 10.9. The molecular formula is C9H20O2. The van der Waals surface area contributed by atoms with Crippen molar-refractivity contribution >= 4 is 0 Å². The van der Waals surface area contributed by atoms with Gasteiger partial charge in [-0.1, -0.05) is 20.8 Å². The first-order chi connectivity index (χ1) is 5.14. The Balaban J connectivity index is 4.19. The fourth-order valence-electron chi connectivity index (χ4n) is 1.47. The monoisotopic (exact) mass is 160 g/mol. The summed E-state index contributed by atoms with van der Waals surface area (Å²) in [6.45, 7) is 6.01. The minimum absolute atomic E-state index is 0.0162. The molecule has 0 saturated heterocycles. The largest absolute Gasteiger partial charge is 0.387 e. The molecule has 0 aliphatic rings. The Morgan fingerprint density at radius 2 is 1.73 bits per heavy atom. The second-order valence-corrected chi connectivity index (χ2v) is 2.94. The van der Waals surface area contributed by atoms with Crippen LogP contribution in [0.4, 0.5) is 0 Å². The first-order valence-corrected chi connectivity index (χ1v) is 4.39. The number of methoxy groups -OCH3 is 1. The van der Waals surface area contributed by atoms with E-state index in [2.05, 4.69) is 0 Å². The van der Waals surface area contributed by atoms with Gasteiger partial charge < -0.3 is 9.84 Å². The summed E-state index contributed by atoms with van der Waals surface area (Å²) in [4.78, 5) is 0. The van der Waals surface area contributed by atoms with Crippen LogP contribution in [-0.4, -0.2) is 23.9 Å². The van der Waals surface area contributed by atoms with Crippen LogP contribution in [0.1, 0.15) is 40.0 Å². The maximum absolute atomic E-state index is 9.96. The van der Waals surface area contributed by atoms with Crippen molar-refractivity contribution in [2.24, 2.45) is 0 Å². The van der Waals surface area contributed by atoms with E-state index in [9.17, 15) is 5.11 Å². The molecule has 0 radical (unpaired) electrons. The van der Waals surface area contributed by atoms with E-state index >= 15 is 0 Å². The molecule has 0 aliphatic heterocycles. The van der Waals surface area contributed by atoms with E-state index in [4.69, 9.17) is 4.74 Å². The lowest BCUT2D eigenvalue weighted by Crippen LogP contribution is -2.41. The zero-order chi connectivity index (χ0) is 8.91. The topological polar surface area (TPSA) is 29.5 Å². The van der Waals surface area contributed by atoms with Gasteiger partial charge in [0.25, 0.3) is 0 Å². The minimum Gasteiger partial charge on any atom is -0.387 e. The molecule has 68 valence electrons. The molecule has 1 atom stereocenters. The molecule has 1 N–H and O–H groups in total. The van der Waals surface area contributed by atoms with Gasteiger partial charge in [0.15, 0.2) is 0 Å². The van der Waals surface area contributed by atoms with Crippen molar-refractivity contribution < 1.29 is 9.84 Å². The lowest BCUT2D eigenvalue weighted by molar-refractivity contribution is -0.0987. The van der Waals surface area contributed by atoms with Gasteiger partial charge in [-0.05, 0) is 19.3 Å². The fraction of sp³-hybridized carbons (Fsp3) is 1.00. The third-order valence-corrected chi connectivity index (χ3v) is 2.48. The molecular weight excluding hydrogens is 140 g/mol. The molecule has 0 amide bonds. The van der Waals surface area contributed by atoms with Crippen LogP contribution in [0.15, 0.2) is 0 Å². The highest BCUT2D eigenvalue weighted by Gasteiger charge is 2.31. The van der Waals surface area contributed by atoms with Gasteiger partial charge in [0.05, 0.1) is 11.7 Å². The minimum atomic E-state index is -0.622. The summed E-state index contributed by atoms with van der Waals surface area (Å²) in [6.07, 6.45) is 2.37. The number of hydrogen-bond acceptors (Lipinski definition) is 2. The number of hydrogen-bond donors (Lipinski definition) is 1. The molecule has 0 aromatic rings. The van der Waals surface area contributed by atoms with Crippen molar-refractivity contribution in [3.05, 3.63) is 0 Å². The van der Waals surface area contributed by atoms with Crippen LogP contribution in [0.2, 0.25) is 0 Å². The van der Waals surface area contributed by atoms with Crippen molar-refractivity contribution in [2.45, 2.75) is 51.7 Å². The van der Waals surface area contributed by atoms with E-state index < -0.39 is 5.60 Å². The maximum Gasteiger partial charge on any atom is 0.0902 e. The Morgan fingerprint density at radius 1 is 1.27 bits per heavy atom. The average molecular weight is 160 g/mol. The molecule has 0 fully saturated rings. The van der Waals surface area contributed by atoms with E-state index in [0.717, 1.165) is 19.3 Å². The standard InChI is InChI=1S/C9H20O2/c1-5-8(11-4)9(10,6-2)7-3/h8,10H,5-7H2,1-4H3. The summed E-state index contributed by atoms with van der Waals surface area (Å²) >= 11 is 0. The molecule has 0 aliphatic carbocycles. The molecule has 0 heterocycles. The zero-order valence-electron chi connectivity index (χ0n) is 8.05. The SMILES string of the molecule is CCC(OC)C(O)(CC)CC. The summed E-state index contributed by atoms with van der Waals surface area (Å²) in [5.74, 6) is 0. The van der Waals surface area contributed by atoms with E-state index in [1.165, 1.54) is 0 Å². The van der Waals surface area contributed by atoms with Crippen molar-refractivity contribution in [3.63, 3.8) is 0 Å². The van der Waals surface area contributed by atoms with Crippen molar-refractivity contribution in [2.75, 3.05) is 7.11 Å². The van der Waals surface area contributed by atoms with Gasteiger partial charge in [-0.15, -0.1) is 0 Å². The van der Waals surface area contributed by atoms with Crippen LogP contribution >= 0.6 is 0 Å². The third kappa shape index (κ3) is 2.46. The molecule has 0 saturated carbocycles. The van der Waals surface area contributed by atoms with Gasteiger partial charge >= 0.3 is 0 Å². The first-order valence-electron chi connectivity index (χ1n) is 4.39. The van der Waals surface area contributed by atoms with E-state index in [0.29, 0.717) is 0 Å². The Morgan fingerprint density at radius 3 is 1.82 bits per heavy atom. The average Bonchev–Trinajstić information content (AvgIpc) is 2.06. The summed E-state index contributed by atoms with van der Waals surface area (Å²) < 4.78 is 5.20. The van der Waals surface area contributed by atoms with E-state index in [1.807, 2.05) is 20.8 Å². The molecule has 1 unspecified atom stereocenters. The molecule has 0 bridgehead atoms. The Kier molecular flexibility index (Phi) is 4.69. The van der Waals surface area contributed by atoms with Gasteiger partial charge in [-0.3, -0.25) is 0 Å². The molecule has 0 aromatic heterocycles. The quantitative estimate of drug-likeness (QED) is 0.666. The molecule has 2 nitrogen and oxygen atoms in total. The second kappa shape index (κ2) is 4.73. The number of rotatable bonds is 5. The normalized spacial score (nSPS) is 15.0. The van der Waals surface area contributed by atoms with Crippen LogP contribution in [0.5, 0.6) is 0 Å². The lowest BCUT2D eigenvalue weighted by atomic mass is 9.89. The van der Waals surface area contributed by atoms with E-state index in [-0.39, 0.29) is 6.10 Å². The molecule has 0 rings (SSSR count).